The number of halogens is 3. The average molecular weight is 375 g/mol. The number of aryl methyl sites for hydroxylation is 1. The van der Waals surface area contributed by atoms with Gasteiger partial charge < -0.3 is 10.1 Å². The highest BCUT2D eigenvalue weighted by atomic mass is 79.9. The Kier molecular flexibility index (Phi) is 5.19. The van der Waals surface area contributed by atoms with Crippen LogP contribution in [0.3, 0.4) is 0 Å². The first-order chi connectivity index (χ1) is 9.51. The molecule has 0 aliphatic heterocycles. The summed E-state index contributed by atoms with van der Waals surface area (Å²) < 4.78 is 6.11. The predicted molar refractivity (Wildman–Crippen MR) is 89.2 cm³/mol. The highest BCUT2D eigenvalue weighted by Gasteiger charge is 2.07. The van der Waals surface area contributed by atoms with Gasteiger partial charge in [-0.1, -0.05) is 51.3 Å². The van der Waals surface area contributed by atoms with E-state index in [1.54, 1.807) is 7.11 Å². The number of benzene rings is 2. The van der Waals surface area contributed by atoms with Gasteiger partial charge in [0.15, 0.2) is 0 Å². The van der Waals surface area contributed by atoms with Crippen LogP contribution in [0.5, 0.6) is 5.75 Å². The third-order valence-corrected chi connectivity index (χ3v) is 3.99. The molecule has 0 amide bonds. The summed E-state index contributed by atoms with van der Waals surface area (Å²) in [6.07, 6.45) is 0. The van der Waals surface area contributed by atoms with Crippen molar-refractivity contribution in [1.29, 1.82) is 0 Å². The molecule has 2 rings (SSSR count). The summed E-state index contributed by atoms with van der Waals surface area (Å²) in [6, 6.07) is 9.67. The maximum absolute atomic E-state index is 6.18. The standard InChI is InChI=1S/C15H14BrCl2NO/c1-9-5-10(3-4-14(9)20-2)8-19-15-12(17)6-11(16)7-13(15)18/h3-7,19H,8H2,1-2H3. The van der Waals surface area contributed by atoms with Crippen LogP contribution in [0.25, 0.3) is 0 Å². The fraction of sp³-hybridized carbons (Fsp3) is 0.200. The van der Waals surface area contributed by atoms with Crippen molar-refractivity contribution in [1.82, 2.24) is 0 Å². The molecular formula is C15H14BrCl2NO. The van der Waals surface area contributed by atoms with Crippen molar-refractivity contribution in [3.63, 3.8) is 0 Å². The van der Waals surface area contributed by atoms with Gasteiger partial charge in [-0.3, -0.25) is 0 Å². The Hall–Kier alpha value is -0.900. The molecule has 5 heteroatoms. The molecule has 0 atom stereocenters. The van der Waals surface area contributed by atoms with Crippen molar-refractivity contribution in [2.45, 2.75) is 13.5 Å². The highest BCUT2D eigenvalue weighted by molar-refractivity contribution is 9.10. The second-order valence-corrected chi connectivity index (χ2v) is 6.13. The van der Waals surface area contributed by atoms with Crippen LogP contribution in [-0.4, -0.2) is 7.11 Å². The van der Waals surface area contributed by atoms with Crippen LogP contribution in [-0.2, 0) is 6.54 Å². The second-order valence-electron chi connectivity index (χ2n) is 4.40. The number of methoxy groups -OCH3 is 1. The molecule has 0 heterocycles. The van der Waals surface area contributed by atoms with Crippen molar-refractivity contribution in [3.8, 4) is 5.75 Å². The summed E-state index contributed by atoms with van der Waals surface area (Å²) in [5.41, 5.74) is 2.98. The molecule has 0 fully saturated rings. The van der Waals surface area contributed by atoms with Gasteiger partial charge in [-0.25, -0.2) is 0 Å². The summed E-state index contributed by atoms with van der Waals surface area (Å²) in [4.78, 5) is 0. The molecule has 0 aromatic heterocycles. The minimum atomic E-state index is 0.592. The zero-order valence-electron chi connectivity index (χ0n) is 11.1. The van der Waals surface area contributed by atoms with E-state index in [1.165, 1.54) is 0 Å². The quantitative estimate of drug-likeness (QED) is 0.742. The second kappa shape index (κ2) is 6.70. The van der Waals surface area contributed by atoms with Gasteiger partial charge in [0.2, 0.25) is 0 Å². The minimum Gasteiger partial charge on any atom is -0.496 e. The molecule has 0 aliphatic rings. The van der Waals surface area contributed by atoms with Crippen LogP contribution in [0, 0.1) is 6.92 Å². The first kappa shape index (κ1) is 15.5. The maximum atomic E-state index is 6.18. The lowest BCUT2D eigenvalue weighted by atomic mass is 10.1. The number of hydrogen-bond donors (Lipinski definition) is 1. The summed E-state index contributed by atoms with van der Waals surface area (Å²) >= 11 is 15.7. The molecule has 0 unspecified atom stereocenters. The normalized spacial score (nSPS) is 10.4. The summed E-state index contributed by atoms with van der Waals surface area (Å²) in [5, 5.41) is 4.45. The molecule has 2 aromatic carbocycles. The molecule has 20 heavy (non-hydrogen) atoms. The van der Waals surface area contributed by atoms with E-state index >= 15 is 0 Å². The van der Waals surface area contributed by atoms with Crippen molar-refractivity contribution in [2.75, 3.05) is 12.4 Å². The molecule has 0 spiro atoms. The number of hydrogen-bond acceptors (Lipinski definition) is 2. The van der Waals surface area contributed by atoms with Crippen molar-refractivity contribution in [2.24, 2.45) is 0 Å². The van der Waals surface area contributed by atoms with E-state index in [9.17, 15) is 0 Å². The zero-order chi connectivity index (χ0) is 14.7. The van der Waals surface area contributed by atoms with Gasteiger partial charge in [-0.05, 0) is 36.2 Å². The van der Waals surface area contributed by atoms with Crippen molar-refractivity contribution >= 4 is 44.8 Å². The van der Waals surface area contributed by atoms with E-state index in [-0.39, 0.29) is 0 Å². The van der Waals surface area contributed by atoms with Crippen LogP contribution in [0.4, 0.5) is 5.69 Å². The zero-order valence-corrected chi connectivity index (χ0v) is 14.2. The molecule has 0 aliphatic carbocycles. The summed E-state index contributed by atoms with van der Waals surface area (Å²) in [5.74, 6) is 0.883. The van der Waals surface area contributed by atoms with E-state index in [4.69, 9.17) is 27.9 Å². The molecule has 0 radical (unpaired) electrons. The van der Waals surface area contributed by atoms with Gasteiger partial charge in [0.05, 0.1) is 22.8 Å². The Morgan fingerprint density at radius 1 is 1.15 bits per heavy atom. The number of rotatable bonds is 4. The lowest BCUT2D eigenvalue weighted by Crippen LogP contribution is -2.01. The van der Waals surface area contributed by atoms with E-state index in [2.05, 4.69) is 27.3 Å². The summed E-state index contributed by atoms with van der Waals surface area (Å²) in [7, 11) is 1.67. The SMILES string of the molecule is COc1ccc(CNc2c(Cl)cc(Br)cc2Cl)cc1C. The van der Waals surface area contributed by atoms with Gasteiger partial charge in [-0.15, -0.1) is 0 Å². The average Bonchev–Trinajstić information content (AvgIpc) is 2.37. The lowest BCUT2D eigenvalue weighted by molar-refractivity contribution is 0.411. The fourth-order valence-corrected chi connectivity index (χ4v) is 3.29. The van der Waals surface area contributed by atoms with E-state index in [1.807, 2.05) is 31.2 Å². The van der Waals surface area contributed by atoms with Crippen molar-refractivity contribution < 1.29 is 4.74 Å². The fourth-order valence-electron chi connectivity index (χ4n) is 1.95. The Morgan fingerprint density at radius 3 is 2.35 bits per heavy atom. The molecular weight excluding hydrogens is 361 g/mol. The maximum Gasteiger partial charge on any atom is 0.121 e. The first-order valence-corrected chi connectivity index (χ1v) is 7.58. The highest BCUT2D eigenvalue weighted by Crippen LogP contribution is 2.34. The Labute approximate surface area is 137 Å². The van der Waals surface area contributed by atoms with Crippen LogP contribution < -0.4 is 10.1 Å². The van der Waals surface area contributed by atoms with Crippen LogP contribution in [0.2, 0.25) is 10.0 Å². The van der Waals surface area contributed by atoms with Crippen LogP contribution in [0.1, 0.15) is 11.1 Å². The Morgan fingerprint density at radius 2 is 1.80 bits per heavy atom. The Balaban J connectivity index is 2.15. The lowest BCUT2D eigenvalue weighted by Gasteiger charge is -2.12. The van der Waals surface area contributed by atoms with Crippen LogP contribution in [0.15, 0.2) is 34.8 Å². The molecule has 106 valence electrons. The van der Waals surface area contributed by atoms with Gasteiger partial charge in [-0.2, -0.15) is 0 Å². The van der Waals surface area contributed by atoms with E-state index in [0.29, 0.717) is 16.6 Å². The molecule has 0 saturated carbocycles. The minimum absolute atomic E-state index is 0.592. The van der Waals surface area contributed by atoms with Gasteiger partial charge >= 0.3 is 0 Å². The molecule has 2 aromatic rings. The molecule has 2 nitrogen and oxygen atoms in total. The monoisotopic (exact) mass is 373 g/mol. The van der Waals surface area contributed by atoms with Crippen molar-refractivity contribution in [3.05, 3.63) is 56.0 Å². The van der Waals surface area contributed by atoms with E-state index in [0.717, 1.165) is 27.0 Å². The topological polar surface area (TPSA) is 21.3 Å². The van der Waals surface area contributed by atoms with Gasteiger partial charge in [0, 0.05) is 11.0 Å². The molecule has 0 bridgehead atoms. The van der Waals surface area contributed by atoms with E-state index < -0.39 is 0 Å². The predicted octanol–water partition coefficient (Wildman–Crippen LogP) is 5.69. The third kappa shape index (κ3) is 3.60. The molecule has 0 saturated heterocycles. The van der Waals surface area contributed by atoms with Crippen LogP contribution >= 0.6 is 39.1 Å². The van der Waals surface area contributed by atoms with Gasteiger partial charge in [0.1, 0.15) is 5.75 Å². The Bertz CT molecular complexity index is 608. The largest absolute Gasteiger partial charge is 0.496 e. The third-order valence-electron chi connectivity index (χ3n) is 2.94. The number of nitrogens with one attached hydrogen (secondary N) is 1. The summed E-state index contributed by atoms with van der Waals surface area (Å²) in [6.45, 7) is 2.66. The number of anilines is 1. The van der Waals surface area contributed by atoms with Gasteiger partial charge in [0.25, 0.3) is 0 Å². The first-order valence-electron chi connectivity index (χ1n) is 6.03. The molecule has 1 N–H and O–H groups in total. The number of ether oxygens (including phenoxy) is 1. The smallest absolute Gasteiger partial charge is 0.121 e.